The zero-order chi connectivity index (χ0) is 21.4. The number of rotatable bonds is 6. The van der Waals surface area contributed by atoms with E-state index in [-0.39, 0.29) is 12.6 Å². The molecule has 0 saturated carbocycles. The Morgan fingerprint density at radius 3 is 2.52 bits per heavy atom. The normalized spacial score (nSPS) is 12.8. The predicted octanol–water partition coefficient (Wildman–Crippen LogP) is 4.35. The highest BCUT2D eigenvalue weighted by atomic mass is 19.1. The Bertz CT molecular complexity index is 1240. The van der Waals surface area contributed by atoms with Gasteiger partial charge in [-0.2, -0.15) is 4.98 Å². The van der Waals surface area contributed by atoms with Crippen LogP contribution >= 0.6 is 0 Å². The second-order valence-corrected chi connectivity index (χ2v) is 7.53. The van der Waals surface area contributed by atoms with Crippen LogP contribution in [0.3, 0.4) is 0 Å². The molecule has 0 fully saturated rings. The van der Waals surface area contributed by atoms with Crippen LogP contribution < -0.4 is 9.47 Å². The molecule has 0 radical (unpaired) electrons. The fourth-order valence-corrected chi connectivity index (χ4v) is 3.66. The minimum atomic E-state index is -0.283. The van der Waals surface area contributed by atoms with Crippen molar-refractivity contribution in [3.05, 3.63) is 65.6 Å². The van der Waals surface area contributed by atoms with E-state index in [0.717, 1.165) is 34.1 Å². The van der Waals surface area contributed by atoms with Gasteiger partial charge < -0.3 is 14.0 Å². The quantitative estimate of drug-likeness (QED) is 0.459. The van der Waals surface area contributed by atoms with Gasteiger partial charge in [0.2, 0.25) is 12.7 Å². The van der Waals surface area contributed by atoms with Gasteiger partial charge in [-0.05, 0) is 49.0 Å². The molecule has 0 spiro atoms. The van der Waals surface area contributed by atoms with E-state index in [0.29, 0.717) is 36.3 Å². The molecule has 0 atom stereocenters. The van der Waals surface area contributed by atoms with Gasteiger partial charge in [0.1, 0.15) is 5.82 Å². The number of fused-ring (bicyclic) bond motifs is 2. The van der Waals surface area contributed by atoms with Crippen LogP contribution in [-0.4, -0.2) is 33.9 Å². The molecule has 0 N–H and O–H groups in total. The van der Waals surface area contributed by atoms with Gasteiger partial charge >= 0.3 is 0 Å². The summed E-state index contributed by atoms with van der Waals surface area (Å²) in [4.78, 5) is 11.4. The predicted molar refractivity (Wildman–Crippen MR) is 112 cm³/mol. The molecule has 2 aromatic heterocycles. The topological polar surface area (TPSA) is 73.5 Å². The van der Waals surface area contributed by atoms with Crippen molar-refractivity contribution in [3.63, 3.8) is 0 Å². The molecule has 3 heterocycles. The first-order chi connectivity index (χ1) is 15.1. The SMILES string of the molecule is CCc1noc(CN(C)Cc2cc3cc4c(cc3nc2-c2ccc(F)cc2)OCO4)n1. The van der Waals surface area contributed by atoms with Crippen LogP contribution in [0, 0.1) is 5.82 Å². The third kappa shape index (κ3) is 3.94. The monoisotopic (exact) mass is 420 g/mol. The minimum Gasteiger partial charge on any atom is -0.454 e. The number of halogens is 1. The van der Waals surface area contributed by atoms with Crippen molar-refractivity contribution in [1.82, 2.24) is 20.0 Å². The summed E-state index contributed by atoms with van der Waals surface area (Å²) in [5.41, 5.74) is 3.42. The summed E-state index contributed by atoms with van der Waals surface area (Å²) in [7, 11) is 1.98. The number of pyridine rings is 1. The molecule has 8 heteroatoms. The summed E-state index contributed by atoms with van der Waals surface area (Å²) < 4.78 is 29.8. The van der Waals surface area contributed by atoms with Gasteiger partial charge in [-0.3, -0.25) is 4.90 Å². The Labute approximate surface area is 178 Å². The molecule has 0 amide bonds. The molecule has 1 aliphatic heterocycles. The summed E-state index contributed by atoms with van der Waals surface area (Å²) in [5, 5.41) is 4.90. The van der Waals surface area contributed by atoms with Crippen LogP contribution in [0.1, 0.15) is 24.2 Å². The second kappa shape index (κ2) is 7.96. The lowest BCUT2D eigenvalue weighted by Crippen LogP contribution is -2.18. The van der Waals surface area contributed by atoms with Gasteiger partial charge in [0.15, 0.2) is 17.3 Å². The maximum atomic E-state index is 13.5. The van der Waals surface area contributed by atoms with Crippen LogP contribution in [0.25, 0.3) is 22.2 Å². The first kappa shape index (κ1) is 19.4. The largest absolute Gasteiger partial charge is 0.454 e. The van der Waals surface area contributed by atoms with Crippen LogP contribution in [-0.2, 0) is 19.5 Å². The smallest absolute Gasteiger partial charge is 0.240 e. The Hall–Kier alpha value is -3.52. The molecule has 0 saturated heterocycles. The third-order valence-corrected chi connectivity index (χ3v) is 5.18. The molecule has 0 unspecified atom stereocenters. The Morgan fingerprint density at radius 1 is 1.00 bits per heavy atom. The van der Waals surface area contributed by atoms with Gasteiger partial charge in [0.25, 0.3) is 0 Å². The van der Waals surface area contributed by atoms with Crippen molar-refractivity contribution in [2.24, 2.45) is 0 Å². The minimum absolute atomic E-state index is 0.204. The fourth-order valence-electron chi connectivity index (χ4n) is 3.66. The van der Waals surface area contributed by atoms with Gasteiger partial charge in [0.05, 0.1) is 17.8 Å². The van der Waals surface area contributed by atoms with Crippen LogP contribution in [0.15, 0.2) is 47.0 Å². The maximum Gasteiger partial charge on any atom is 0.240 e. The highest BCUT2D eigenvalue weighted by Crippen LogP contribution is 2.37. The van der Waals surface area contributed by atoms with Gasteiger partial charge in [-0.1, -0.05) is 12.1 Å². The van der Waals surface area contributed by atoms with Crippen molar-refractivity contribution in [2.45, 2.75) is 26.4 Å². The summed E-state index contributed by atoms with van der Waals surface area (Å²) >= 11 is 0. The maximum absolute atomic E-state index is 13.5. The standard InChI is InChI=1S/C23H21FN4O3/c1-3-21-26-22(31-27-21)12-28(2)11-16-8-15-9-19-20(30-13-29-19)10-18(15)25-23(16)14-4-6-17(24)7-5-14/h4-10H,3,11-13H2,1-2H3. The summed E-state index contributed by atoms with van der Waals surface area (Å²) in [6.07, 6.45) is 0.729. The molecule has 2 aromatic carbocycles. The van der Waals surface area contributed by atoms with Gasteiger partial charge in [-0.25, -0.2) is 9.37 Å². The molecule has 5 rings (SSSR count). The van der Waals surface area contributed by atoms with E-state index >= 15 is 0 Å². The molecule has 158 valence electrons. The molecule has 0 bridgehead atoms. The lowest BCUT2D eigenvalue weighted by molar-refractivity contribution is 0.174. The van der Waals surface area contributed by atoms with Crippen LogP contribution in [0.5, 0.6) is 11.5 Å². The Morgan fingerprint density at radius 2 is 1.77 bits per heavy atom. The van der Waals surface area contributed by atoms with E-state index in [9.17, 15) is 4.39 Å². The van der Waals surface area contributed by atoms with Crippen molar-refractivity contribution < 1.29 is 18.4 Å². The lowest BCUT2D eigenvalue weighted by atomic mass is 10.0. The van der Waals surface area contributed by atoms with E-state index in [4.69, 9.17) is 19.0 Å². The van der Waals surface area contributed by atoms with Crippen molar-refractivity contribution >= 4 is 10.9 Å². The average Bonchev–Trinajstić information content (AvgIpc) is 3.41. The van der Waals surface area contributed by atoms with E-state index in [1.54, 1.807) is 12.1 Å². The number of aromatic nitrogens is 3. The molecule has 4 aromatic rings. The fraction of sp³-hybridized carbons (Fsp3) is 0.261. The second-order valence-electron chi connectivity index (χ2n) is 7.53. The summed E-state index contributed by atoms with van der Waals surface area (Å²) in [5.74, 6) is 2.37. The molecule has 0 aliphatic carbocycles. The number of hydrogen-bond donors (Lipinski definition) is 0. The lowest BCUT2D eigenvalue weighted by Gasteiger charge is -2.18. The Kier molecular flexibility index (Phi) is 4.99. The van der Waals surface area contributed by atoms with Crippen LogP contribution in [0.4, 0.5) is 4.39 Å². The Balaban J connectivity index is 1.52. The van der Waals surface area contributed by atoms with Gasteiger partial charge in [0, 0.05) is 30.0 Å². The number of aryl methyl sites for hydroxylation is 1. The molecular weight excluding hydrogens is 399 g/mol. The van der Waals surface area contributed by atoms with E-state index in [2.05, 4.69) is 21.1 Å². The molecule has 31 heavy (non-hydrogen) atoms. The summed E-state index contributed by atoms with van der Waals surface area (Å²) in [6.45, 7) is 3.29. The summed E-state index contributed by atoms with van der Waals surface area (Å²) in [6, 6.07) is 12.3. The zero-order valence-corrected chi connectivity index (χ0v) is 17.3. The van der Waals surface area contributed by atoms with Gasteiger partial charge in [-0.15, -0.1) is 0 Å². The van der Waals surface area contributed by atoms with Crippen molar-refractivity contribution in [2.75, 3.05) is 13.8 Å². The molecular formula is C23H21FN4O3. The average molecular weight is 420 g/mol. The van der Waals surface area contributed by atoms with E-state index < -0.39 is 0 Å². The van der Waals surface area contributed by atoms with Crippen molar-refractivity contribution in [1.29, 1.82) is 0 Å². The van der Waals surface area contributed by atoms with Crippen LogP contribution in [0.2, 0.25) is 0 Å². The third-order valence-electron chi connectivity index (χ3n) is 5.18. The van der Waals surface area contributed by atoms with E-state index in [1.807, 2.05) is 26.1 Å². The first-order valence-electron chi connectivity index (χ1n) is 10.1. The number of hydrogen-bond acceptors (Lipinski definition) is 7. The number of benzene rings is 2. The number of nitrogens with zero attached hydrogens (tertiary/aromatic N) is 4. The molecule has 1 aliphatic rings. The van der Waals surface area contributed by atoms with Crippen molar-refractivity contribution in [3.8, 4) is 22.8 Å². The highest BCUT2D eigenvalue weighted by Gasteiger charge is 2.18. The first-order valence-corrected chi connectivity index (χ1v) is 10.1. The number of ether oxygens (including phenoxy) is 2. The zero-order valence-electron chi connectivity index (χ0n) is 17.3. The van der Waals surface area contributed by atoms with E-state index in [1.165, 1.54) is 12.1 Å². The highest BCUT2D eigenvalue weighted by molar-refractivity contribution is 5.86. The molecule has 7 nitrogen and oxygen atoms in total.